The molecule has 274 valence electrons. The van der Waals surface area contributed by atoms with Crippen molar-refractivity contribution in [2.24, 2.45) is 0 Å². The number of benzene rings is 2. The summed E-state index contributed by atoms with van der Waals surface area (Å²) in [6.07, 6.45) is 0.455. The van der Waals surface area contributed by atoms with Crippen molar-refractivity contribution in [3.63, 3.8) is 0 Å². The lowest BCUT2D eigenvalue weighted by Crippen LogP contribution is -2.56. The second kappa shape index (κ2) is 16.0. The van der Waals surface area contributed by atoms with Gasteiger partial charge in [0.15, 0.2) is 14.1 Å². The summed E-state index contributed by atoms with van der Waals surface area (Å²) in [6.45, 7) is 16.3. The number of hydrogen-bond acceptors (Lipinski definition) is 6. The normalized spacial score (nSPS) is 17.3. The van der Waals surface area contributed by atoms with Gasteiger partial charge in [-0.2, -0.15) is 0 Å². The van der Waals surface area contributed by atoms with E-state index in [9.17, 15) is 22.8 Å². The number of halogens is 4. The number of amides is 2. The topological polar surface area (TPSA) is 90.0 Å². The standard InChI is InChI=1S/C38H45F4N3O5Si/c1-37(2,3)50-36(47)45-21-30(48-22-29(45)23-49-51(7,8)38(4,5)6)13-14-31-33(42)19-43-20-34(31)44-35(46)18-32(24-9-11-26(39)12-10-24)25-15-27(40)17-28(41)16-25/h9-12,15-17,19-20,29-30,32H,18,21-23H2,1-8H3,(H,44,46)/t29?,30?,32-/m1/s1. The molecule has 8 nitrogen and oxygen atoms in total. The fourth-order valence-electron chi connectivity index (χ4n) is 5.08. The quantitative estimate of drug-likeness (QED) is 0.143. The first-order chi connectivity index (χ1) is 23.7. The van der Waals surface area contributed by atoms with E-state index in [2.05, 4.69) is 56.0 Å². The molecule has 2 aromatic carbocycles. The van der Waals surface area contributed by atoms with Crippen molar-refractivity contribution in [3.05, 3.63) is 94.8 Å². The van der Waals surface area contributed by atoms with Crippen LogP contribution in [-0.4, -0.2) is 67.7 Å². The Morgan fingerprint density at radius 1 is 0.980 bits per heavy atom. The van der Waals surface area contributed by atoms with Crippen LogP contribution in [0.15, 0.2) is 54.9 Å². The van der Waals surface area contributed by atoms with E-state index in [0.29, 0.717) is 11.6 Å². The third-order valence-corrected chi connectivity index (χ3v) is 13.3. The van der Waals surface area contributed by atoms with Gasteiger partial charge in [0.05, 0.1) is 49.4 Å². The minimum absolute atomic E-state index is 0.0192. The molecule has 2 heterocycles. The van der Waals surface area contributed by atoms with Crippen LogP contribution in [0.3, 0.4) is 0 Å². The molecule has 0 spiro atoms. The molecule has 13 heteroatoms. The van der Waals surface area contributed by atoms with E-state index in [1.807, 2.05) is 0 Å². The van der Waals surface area contributed by atoms with Gasteiger partial charge in [0.2, 0.25) is 5.91 Å². The Balaban J connectivity index is 1.55. The summed E-state index contributed by atoms with van der Waals surface area (Å²) in [5.74, 6) is 1.10. The number of rotatable bonds is 8. The molecule has 3 aromatic rings. The van der Waals surface area contributed by atoms with Crippen LogP contribution in [0.4, 0.5) is 28.0 Å². The molecule has 51 heavy (non-hydrogen) atoms. The number of carbonyl (C=O) groups excluding carboxylic acids is 2. The lowest BCUT2D eigenvalue weighted by molar-refractivity contribution is -0.116. The van der Waals surface area contributed by atoms with Gasteiger partial charge in [-0.15, -0.1) is 0 Å². The number of pyridine rings is 1. The molecule has 0 bridgehead atoms. The average molecular weight is 728 g/mol. The number of hydrogen-bond donors (Lipinski definition) is 1. The van der Waals surface area contributed by atoms with Crippen LogP contribution < -0.4 is 5.32 Å². The van der Waals surface area contributed by atoms with Crippen molar-refractivity contribution < 1.29 is 41.1 Å². The summed E-state index contributed by atoms with van der Waals surface area (Å²) in [5, 5.41) is 2.56. The number of nitrogens with zero attached hydrogens (tertiary/aromatic N) is 2. The zero-order valence-corrected chi connectivity index (χ0v) is 31.2. The van der Waals surface area contributed by atoms with Gasteiger partial charge in [-0.3, -0.25) is 14.7 Å². The van der Waals surface area contributed by atoms with Crippen LogP contribution in [-0.2, 0) is 18.7 Å². The molecule has 0 radical (unpaired) electrons. The Hall–Kier alpha value is -4.25. The molecule has 2 unspecified atom stereocenters. The van der Waals surface area contributed by atoms with Crippen molar-refractivity contribution in [2.75, 3.05) is 25.1 Å². The highest BCUT2D eigenvalue weighted by atomic mass is 28.4. The summed E-state index contributed by atoms with van der Waals surface area (Å²) in [6, 6.07) is 7.67. The predicted octanol–water partition coefficient (Wildman–Crippen LogP) is 8.18. The van der Waals surface area contributed by atoms with Crippen molar-refractivity contribution in [3.8, 4) is 11.8 Å². The summed E-state index contributed by atoms with van der Waals surface area (Å²) < 4.78 is 75.3. The highest BCUT2D eigenvalue weighted by molar-refractivity contribution is 6.74. The van der Waals surface area contributed by atoms with Crippen molar-refractivity contribution in [2.45, 2.75) is 89.8 Å². The van der Waals surface area contributed by atoms with Crippen LogP contribution in [0.25, 0.3) is 0 Å². The van der Waals surface area contributed by atoms with Gasteiger partial charge < -0.3 is 19.2 Å². The first-order valence-corrected chi connectivity index (χ1v) is 19.5. The van der Waals surface area contributed by atoms with E-state index >= 15 is 4.39 Å². The largest absolute Gasteiger partial charge is 0.444 e. The fourth-order valence-corrected chi connectivity index (χ4v) is 6.13. The van der Waals surface area contributed by atoms with Crippen LogP contribution in [0.1, 0.15) is 70.6 Å². The molecule has 1 aliphatic rings. The predicted molar refractivity (Wildman–Crippen MR) is 189 cm³/mol. The molecule has 1 fully saturated rings. The van der Waals surface area contributed by atoms with E-state index in [1.165, 1.54) is 35.4 Å². The van der Waals surface area contributed by atoms with Crippen molar-refractivity contribution >= 4 is 26.0 Å². The molecule has 2 amide bonds. The van der Waals surface area contributed by atoms with Gasteiger partial charge in [-0.1, -0.05) is 44.7 Å². The molecule has 1 saturated heterocycles. The number of morpholine rings is 1. The second-order valence-electron chi connectivity index (χ2n) is 15.1. The Labute approximate surface area is 298 Å². The van der Waals surface area contributed by atoms with Gasteiger partial charge >= 0.3 is 6.09 Å². The first-order valence-electron chi connectivity index (χ1n) is 16.6. The molecule has 1 N–H and O–H groups in total. The third-order valence-electron chi connectivity index (χ3n) is 8.84. The van der Waals surface area contributed by atoms with Crippen molar-refractivity contribution in [1.82, 2.24) is 9.88 Å². The minimum Gasteiger partial charge on any atom is -0.444 e. The van der Waals surface area contributed by atoms with E-state index in [1.54, 1.807) is 20.8 Å². The zero-order valence-electron chi connectivity index (χ0n) is 30.2. The number of carbonyl (C=O) groups is 2. The average Bonchev–Trinajstić information content (AvgIpc) is 3.01. The molecular formula is C38H45F4N3O5Si. The maximum Gasteiger partial charge on any atom is 0.410 e. The fraction of sp³-hybridized carbons (Fsp3) is 0.447. The third kappa shape index (κ3) is 10.9. The highest BCUT2D eigenvalue weighted by Gasteiger charge is 2.40. The molecule has 4 rings (SSSR count). The number of ether oxygens (including phenoxy) is 2. The molecule has 0 saturated carbocycles. The zero-order chi connectivity index (χ0) is 37.7. The Kier molecular flexibility index (Phi) is 12.4. The molecular weight excluding hydrogens is 683 g/mol. The Bertz CT molecular complexity index is 1760. The summed E-state index contributed by atoms with van der Waals surface area (Å²) in [5.41, 5.74) is -0.386. The van der Waals surface area contributed by atoms with Gasteiger partial charge in [-0.05, 0) is 74.3 Å². The SMILES string of the molecule is CC(C)(C)OC(=O)N1CC(C#Cc2c(F)cncc2NC(=O)C[C@H](c2ccc(F)cc2)c2cc(F)cc(F)c2)OCC1CO[Si](C)(C)C(C)(C)C. The molecule has 1 aliphatic heterocycles. The summed E-state index contributed by atoms with van der Waals surface area (Å²) >= 11 is 0. The lowest BCUT2D eigenvalue weighted by atomic mass is 9.88. The van der Waals surface area contributed by atoms with Crippen LogP contribution in [0.5, 0.6) is 0 Å². The van der Waals surface area contributed by atoms with E-state index in [-0.39, 0.29) is 48.0 Å². The van der Waals surface area contributed by atoms with Gasteiger partial charge in [-0.25, -0.2) is 22.4 Å². The number of aromatic nitrogens is 1. The minimum atomic E-state index is -2.15. The monoisotopic (exact) mass is 727 g/mol. The van der Waals surface area contributed by atoms with Crippen LogP contribution >= 0.6 is 0 Å². The van der Waals surface area contributed by atoms with Gasteiger partial charge in [0.1, 0.15) is 29.2 Å². The molecule has 3 atom stereocenters. The summed E-state index contributed by atoms with van der Waals surface area (Å²) in [4.78, 5) is 32.1. The maximum atomic E-state index is 15.2. The Morgan fingerprint density at radius 2 is 1.63 bits per heavy atom. The van der Waals surface area contributed by atoms with Gasteiger partial charge in [0, 0.05) is 18.4 Å². The summed E-state index contributed by atoms with van der Waals surface area (Å²) in [7, 11) is -2.15. The number of anilines is 1. The molecule has 1 aromatic heterocycles. The Morgan fingerprint density at radius 3 is 2.24 bits per heavy atom. The lowest BCUT2D eigenvalue weighted by Gasteiger charge is -2.42. The first kappa shape index (κ1) is 39.5. The van der Waals surface area contributed by atoms with Crippen LogP contribution in [0, 0.1) is 35.1 Å². The van der Waals surface area contributed by atoms with E-state index < -0.39 is 67.3 Å². The maximum absolute atomic E-state index is 15.2. The van der Waals surface area contributed by atoms with Crippen LogP contribution in [0.2, 0.25) is 18.1 Å². The van der Waals surface area contributed by atoms with E-state index in [0.717, 1.165) is 18.3 Å². The molecule has 0 aliphatic carbocycles. The number of nitrogens with one attached hydrogen (secondary N) is 1. The second-order valence-corrected chi connectivity index (χ2v) is 19.9. The van der Waals surface area contributed by atoms with E-state index in [4.69, 9.17) is 13.9 Å². The van der Waals surface area contributed by atoms with Crippen molar-refractivity contribution in [1.29, 1.82) is 0 Å². The smallest absolute Gasteiger partial charge is 0.410 e. The highest BCUT2D eigenvalue weighted by Crippen LogP contribution is 2.37. The van der Waals surface area contributed by atoms with Gasteiger partial charge in [0.25, 0.3) is 0 Å².